The maximum absolute atomic E-state index is 13.6. The van der Waals surface area contributed by atoms with E-state index in [1.54, 1.807) is 30.1 Å². The zero-order valence-electron chi connectivity index (χ0n) is 9.95. The second-order valence-corrected chi connectivity index (χ2v) is 3.69. The standard InChI is InChI=1S/C12H18FN3O/c1-15-12(17)9-16(8-4-7-14)11-6-3-2-5-10(11)13/h2-3,5-6H,4,7-9,14H2,1H3,(H,15,17). The summed E-state index contributed by atoms with van der Waals surface area (Å²) in [5.41, 5.74) is 5.87. The summed E-state index contributed by atoms with van der Waals surface area (Å²) in [5.74, 6) is -0.473. The van der Waals surface area contributed by atoms with Crippen molar-refractivity contribution in [1.29, 1.82) is 0 Å². The number of likely N-dealkylation sites (N-methyl/N-ethyl adjacent to an activating group) is 1. The Morgan fingerprint density at radius 2 is 2.18 bits per heavy atom. The van der Waals surface area contributed by atoms with Gasteiger partial charge in [0.05, 0.1) is 12.2 Å². The maximum Gasteiger partial charge on any atom is 0.239 e. The molecular weight excluding hydrogens is 221 g/mol. The number of hydrogen-bond acceptors (Lipinski definition) is 3. The van der Waals surface area contributed by atoms with Gasteiger partial charge in [0.2, 0.25) is 5.91 Å². The average molecular weight is 239 g/mol. The maximum atomic E-state index is 13.6. The first-order chi connectivity index (χ1) is 8.19. The van der Waals surface area contributed by atoms with E-state index in [4.69, 9.17) is 5.73 Å². The Morgan fingerprint density at radius 3 is 2.76 bits per heavy atom. The van der Waals surface area contributed by atoms with E-state index in [-0.39, 0.29) is 18.3 Å². The smallest absolute Gasteiger partial charge is 0.239 e. The summed E-state index contributed by atoms with van der Waals surface area (Å²) in [6.07, 6.45) is 0.714. The van der Waals surface area contributed by atoms with Gasteiger partial charge >= 0.3 is 0 Å². The summed E-state index contributed by atoms with van der Waals surface area (Å²) in [6, 6.07) is 6.42. The van der Waals surface area contributed by atoms with Crippen LogP contribution in [0.4, 0.5) is 10.1 Å². The highest BCUT2D eigenvalue weighted by atomic mass is 19.1. The van der Waals surface area contributed by atoms with Crippen LogP contribution in [0, 0.1) is 5.82 Å². The van der Waals surface area contributed by atoms with E-state index < -0.39 is 0 Å². The van der Waals surface area contributed by atoms with Crippen molar-refractivity contribution in [1.82, 2.24) is 5.32 Å². The predicted octanol–water partition coefficient (Wildman–Crippen LogP) is 0.727. The van der Waals surface area contributed by atoms with Crippen LogP contribution in [0.5, 0.6) is 0 Å². The van der Waals surface area contributed by atoms with Crippen molar-refractivity contribution < 1.29 is 9.18 Å². The number of nitrogens with two attached hydrogens (primary N) is 1. The molecule has 0 saturated heterocycles. The van der Waals surface area contributed by atoms with E-state index >= 15 is 0 Å². The number of para-hydroxylation sites is 1. The lowest BCUT2D eigenvalue weighted by Gasteiger charge is -2.24. The monoisotopic (exact) mass is 239 g/mol. The molecule has 0 aliphatic rings. The van der Waals surface area contributed by atoms with Crippen molar-refractivity contribution in [3.05, 3.63) is 30.1 Å². The summed E-state index contributed by atoms with van der Waals surface area (Å²) >= 11 is 0. The number of carbonyl (C=O) groups is 1. The zero-order valence-corrected chi connectivity index (χ0v) is 9.95. The van der Waals surface area contributed by atoms with Crippen molar-refractivity contribution in [3.63, 3.8) is 0 Å². The second kappa shape index (κ2) is 6.85. The lowest BCUT2D eigenvalue weighted by molar-refractivity contribution is -0.119. The van der Waals surface area contributed by atoms with Gasteiger partial charge in [0, 0.05) is 13.6 Å². The number of halogens is 1. The Kier molecular flexibility index (Phi) is 5.42. The highest BCUT2D eigenvalue weighted by Gasteiger charge is 2.13. The first-order valence-electron chi connectivity index (χ1n) is 5.59. The third kappa shape index (κ3) is 4.03. The summed E-state index contributed by atoms with van der Waals surface area (Å²) in [4.78, 5) is 13.1. The molecule has 1 aromatic rings. The molecule has 0 aromatic heterocycles. The fraction of sp³-hybridized carbons (Fsp3) is 0.417. The summed E-state index contributed by atoms with van der Waals surface area (Å²) in [7, 11) is 1.56. The highest BCUT2D eigenvalue weighted by molar-refractivity contribution is 5.81. The molecule has 0 bridgehead atoms. The molecular formula is C12H18FN3O. The van der Waals surface area contributed by atoms with Crippen molar-refractivity contribution >= 4 is 11.6 Å². The number of amides is 1. The van der Waals surface area contributed by atoms with Crippen LogP contribution in [0.1, 0.15) is 6.42 Å². The Labute approximate surface area is 101 Å². The van der Waals surface area contributed by atoms with Crippen molar-refractivity contribution in [2.24, 2.45) is 5.73 Å². The Morgan fingerprint density at radius 1 is 1.47 bits per heavy atom. The van der Waals surface area contributed by atoms with Gasteiger partial charge in [0.1, 0.15) is 5.82 Å². The van der Waals surface area contributed by atoms with Crippen LogP contribution in [0.2, 0.25) is 0 Å². The number of anilines is 1. The molecule has 0 unspecified atom stereocenters. The molecule has 0 heterocycles. The van der Waals surface area contributed by atoms with Gasteiger partial charge in [-0.05, 0) is 25.1 Å². The molecule has 0 atom stereocenters. The number of nitrogens with zero attached hydrogens (tertiary/aromatic N) is 1. The molecule has 0 aliphatic carbocycles. The number of hydrogen-bond donors (Lipinski definition) is 2. The second-order valence-electron chi connectivity index (χ2n) is 3.69. The van der Waals surface area contributed by atoms with Crippen LogP contribution < -0.4 is 16.0 Å². The first-order valence-corrected chi connectivity index (χ1v) is 5.59. The Balaban J connectivity index is 2.81. The predicted molar refractivity (Wildman–Crippen MR) is 66.4 cm³/mol. The van der Waals surface area contributed by atoms with Crippen LogP contribution >= 0.6 is 0 Å². The van der Waals surface area contributed by atoms with E-state index in [9.17, 15) is 9.18 Å². The van der Waals surface area contributed by atoms with Crippen molar-refractivity contribution in [2.45, 2.75) is 6.42 Å². The van der Waals surface area contributed by atoms with Crippen LogP contribution in [0.25, 0.3) is 0 Å². The molecule has 0 spiro atoms. The highest BCUT2D eigenvalue weighted by Crippen LogP contribution is 2.18. The van der Waals surface area contributed by atoms with Gasteiger partial charge in [0.25, 0.3) is 0 Å². The van der Waals surface area contributed by atoms with Gasteiger partial charge < -0.3 is 16.0 Å². The summed E-state index contributed by atoms with van der Waals surface area (Å²) < 4.78 is 13.6. The van der Waals surface area contributed by atoms with Gasteiger partial charge in [-0.25, -0.2) is 4.39 Å². The van der Waals surface area contributed by atoms with E-state index in [0.717, 1.165) is 0 Å². The molecule has 0 fully saturated rings. The topological polar surface area (TPSA) is 58.4 Å². The average Bonchev–Trinajstić information content (AvgIpc) is 2.35. The molecule has 0 aliphatic heterocycles. The molecule has 1 aromatic carbocycles. The molecule has 94 valence electrons. The van der Waals surface area contributed by atoms with Crippen LogP contribution in [-0.2, 0) is 4.79 Å². The van der Waals surface area contributed by atoms with Crippen LogP contribution in [0.3, 0.4) is 0 Å². The minimum Gasteiger partial charge on any atom is -0.360 e. The fourth-order valence-corrected chi connectivity index (χ4v) is 1.53. The molecule has 3 N–H and O–H groups in total. The lowest BCUT2D eigenvalue weighted by atomic mass is 10.2. The van der Waals surface area contributed by atoms with Crippen molar-refractivity contribution in [2.75, 3.05) is 31.6 Å². The Bertz CT molecular complexity index is 371. The SMILES string of the molecule is CNC(=O)CN(CCCN)c1ccccc1F. The Hall–Kier alpha value is -1.62. The number of benzene rings is 1. The van der Waals surface area contributed by atoms with Crippen LogP contribution in [0.15, 0.2) is 24.3 Å². The van der Waals surface area contributed by atoms with E-state index in [1.165, 1.54) is 6.07 Å². The molecule has 0 radical (unpaired) electrons. The quantitative estimate of drug-likeness (QED) is 0.769. The fourth-order valence-electron chi connectivity index (χ4n) is 1.53. The van der Waals surface area contributed by atoms with Gasteiger partial charge in [-0.3, -0.25) is 4.79 Å². The zero-order chi connectivity index (χ0) is 12.7. The third-order valence-corrected chi connectivity index (χ3v) is 2.44. The van der Waals surface area contributed by atoms with Gasteiger partial charge in [-0.2, -0.15) is 0 Å². The van der Waals surface area contributed by atoms with E-state index in [1.807, 2.05) is 0 Å². The third-order valence-electron chi connectivity index (χ3n) is 2.44. The number of carbonyl (C=O) groups excluding carboxylic acids is 1. The van der Waals surface area contributed by atoms with Gasteiger partial charge in [-0.1, -0.05) is 12.1 Å². The number of nitrogens with one attached hydrogen (secondary N) is 1. The summed E-state index contributed by atoms with van der Waals surface area (Å²) in [5, 5.41) is 2.53. The lowest BCUT2D eigenvalue weighted by Crippen LogP contribution is -2.37. The largest absolute Gasteiger partial charge is 0.360 e. The van der Waals surface area contributed by atoms with Gasteiger partial charge in [-0.15, -0.1) is 0 Å². The molecule has 5 heteroatoms. The normalized spacial score (nSPS) is 10.1. The van der Waals surface area contributed by atoms with Crippen molar-refractivity contribution in [3.8, 4) is 0 Å². The minimum absolute atomic E-state index is 0.136. The number of rotatable bonds is 6. The molecule has 1 rings (SSSR count). The van der Waals surface area contributed by atoms with Gasteiger partial charge in [0.15, 0.2) is 0 Å². The van der Waals surface area contributed by atoms with Crippen LogP contribution in [-0.4, -0.2) is 32.6 Å². The molecule has 17 heavy (non-hydrogen) atoms. The molecule has 4 nitrogen and oxygen atoms in total. The van der Waals surface area contributed by atoms with E-state index in [0.29, 0.717) is 25.2 Å². The summed E-state index contributed by atoms with van der Waals surface area (Å²) in [6.45, 7) is 1.21. The minimum atomic E-state index is -0.326. The molecule has 1 amide bonds. The first kappa shape index (κ1) is 13.4. The van der Waals surface area contributed by atoms with E-state index in [2.05, 4.69) is 5.32 Å². The molecule has 0 saturated carbocycles.